The van der Waals surface area contributed by atoms with Crippen LogP contribution in [0.25, 0.3) is 0 Å². The van der Waals surface area contributed by atoms with Crippen LogP contribution in [0.5, 0.6) is 0 Å². The highest BCUT2D eigenvalue weighted by Gasteiger charge is 2.36. The summed E-state index contributed by atoms with van der Waals surface area (Å²) >= 11 is 0. The third kappa shape index (κ3) is 2.13. The molecule has 1 heteroatoms. The molecular weight excluding hydrogens is 208 g/mol. The Morgan fingerprint density at radius 1 is 1.00 bits per heavy atom. The van der Waals surface area contributed by atoms with Gasteiger partial charge in [0.25, 0.3) is 0 Å². The van der Waals surface area contributed by atoms with Gasteiger partial charge in [-0.05, 0) is 47.3 Å². The van der Waals surface area contributed by atoms with Gasteiger partial charge in [0.15, 0.2) is 0 Å². The maximum absolute atomic E-state index is 9.73. The fraction of sp³-hybridized carbons (Fsp3) is 0.625. The predicted molar refractivity (Wildman–Crippen MR) is 72.4 cm³/mol. The smallest absolute Gasteiger partial charge is 0.0762 e. The average Bonchev–Trinajstić information content (AvgIpc) is 2.24. The first-order valence-corrected chi connectivity index (χ1v) is 6.57. The van der Waals surface area contributed by atoms with E-state index < -0.39 is 0 Å². The van der Waals surface area contributed by atoms with Gasteiger partial charge >= 0.3 is 0 Å². The van der Waals surface area contributed by atoms with E-state index in [9.17, 15) is 5.11 Å². The molecule has 1 aliphatic rings. The van der Waals surface area contributed by atoms with Crippen LogP contribution in [-0.4, -0.2) is 5.11 Å². The highest BCUT2D eigenvalue weighted by atomic mass is 16.3. The molecule has 0 bridgehead atoms. The molecule has 0 heterocycles. The van der Waals surface area contributed by atoms with Gasteiger partial charge in [-0.15, -0.1) is 0 Å². The topological polar surface area (TPSA) is 20.2 Å². The second-order valence-electron chi connectivity index (χ2n) is 6.75. The average molecular weight is 232 g/mol. The van der Waals surface area contributed by atoms with Crippen molar-refractivity contribution in [1.29, 1.82) is 0 Å². The maximum Gasteiger partial charge on any atom is 0.0762 e. The predicted octanol–water partition coefficient (Wildman–Crippen LogP) is 4.09. The van der Waals surface area contributed by atoms with Crippen LogP contribution in [0.1, 0.15) is 70.3 Å². The van der Waals surface area contributed by atoms with Gasteiger partial charge in [-0.1, -0.05) is 45.9 Å². The molecule has 0 unspecified atom stereocenters. The summed E-state index contributed by atoms with van der Waals surface area (Å²) in [6.45, 7) is 11.1. The zero-order chi connectivity index (χ0) is 12.8. The second-order valence-corrected chi connectivity index (χ2v) is 6.75. The summed E-state index contributed by atoms with van der Waals surface area (Å²) in [5.74, 6) is 0. The number of benzene rings is 1. The summed E-state index contributed by atoms with van der Waals surface area (Å²) in [6.07, 6.45) is 2.08. The molecule has 1 aromatic rings. The van der Waals surface area contributed by atoms with Crippen LogP contribution in [0.4, 0.5) is 0 Å². The Kier molecular flexibility index (Phi) is 2.86. The standard InChI is InChI=1S/C16H24O/c1-11(17)12-6-7-13-14(10-12)16(4,5)9-8-15(13,2)3/h6-7,10-11,17H,8-9H2,1-5H3/t11-/m0/s1. The van der Waals surface area contributed by atoms with E-state index in [-0.39, 0.29) is 16.9 Å². The first kappa shape index (κ1) is 12.6. The molecule has 0 fully saturated rings. The number of fused-ring (bicyclic) bond motifs is 1. The molecule has 0 aromatic heterocycles. The van der Waals surface area contributed by atoms with E-state index in [1.165, 1.54) is 24.0 Å². The lowest BCUT2D eigenvalue weighted by Gasteiger charge is -2.42. The molecule has 17 heavy (non-hydrogen) atoms. The summed E-state index contributed by atoms with van der Waals surface area (Å²) in [5, 5.41) is 9.73. The van der Waals surface area contributed by atoms with Gasteiger partial charge in [0.1, 0.15) is 0 Å². The van der Waals surface area contributed by atoms with E-state index in [0.717, 1.165) is 5.56 Å². The molecule has 1 aromatic carbocycles. The first-order chi connectivity index (χ1) is 7.74. The molecule has 1 nitrogen and oxygen atoms in total. The number of hydrogen-bond acceptors (Lipinski definition) is 1. The van der Waals surface area contributed by atoms with Crippen LogP contribution < -0.4 is 0 Å². The molecule has 2 rings (SSSR count). The van der Waals surface area contributed by atoms with Crippen LogP contribution >= 0.6 is 0 Å². The van der Waals surface area contributed by atoms with Gasteiger partial charge in [-0.25, -0.2) is 0 Å². The van der Waals surface area contributed by atoms with Gasteiger partial charge in [0, 0.05) is 0 Å². The van der Waals surface area contributed by atoms with E-state index >= 15 is 0 Å². The normalized spacial score (nSPS) is 22.9. The van der Waals surface area contributed by atoms with E-state index in [4.69, 9.17) is 0 Å². The summed E-state index contributed by atoms with van der Waals surface area (Å²) in [5.41, 5.74) is 4.41. The Morgan fingerprint density at radius 2 is 1.53 bits per heavy atom. The van der Waals surface area contributed by atoms with Gasteiger partial charge in [-0.2, -0.15) is 0 Å². The largest absolute Gasteiger partial charge is 0.389 e. The van der Waals surface area contributed by atoms with Crippen LogP contribution in [0.15, 0.2) is 18.2 Å². The van der Waals surface area contributed by atoms with Crippen LogP contribution in [0.3, 0.4) is 0 Å². The molecule has 0 aliphatic heterocycles. The molecular formula is C16H24O. The molecule has 94 valence electrons. The number of aliphatic hydroxyl groups is 1. The summed E-state index contributed by atoms with van der Waals surface area (Å²) in [6, 6.07) is 6.51. The molecule has 0 radical (unpaired) electrons. The van der Waals surface area contributed by atoms with Crippen molar-refractivity contribution < 1.29 is 5.11 Å². The van der Waals surface area contributed by atoms with E-state index in [0.29, 0.717) is 0 Å². The Labute approximate surface area is 105 Å². The van der Waals surface area contributed by atoms with Gasteiger partial charge < -0.3 is 5.11 Å². The zero-order valence-corrected chi connectivity index (χ0v) is 11.7. The number of aliphatic hydroxyl groups excluding tert-OH is 1. The lowest BCUT2D eigenvalue weighted by atomic mass is 9.63. The minimum absolute atomic E-state index is 0.232. The fourth-order valence-corrected chi connectivity index (χ4v) is 2.87. The summed E-state index contributed by atoms with van der Waals surface area (Å²) in [7, 11) is 0. The molecule has 1 atom stereocenters. The molecule has 0 saturated heterocycles. The van der Waals surface area contributed by atoms with Crippen molar-refractivity contribution in [2.24, 2.45) is 0 Å². The number of hydrogen-bond donors (Lipinski definition) is 1. The van der Waals surface area contributed by atoms with Crippen LogP contribution in [-0.2, 0) is 10.8 Å². The van der Waals surface area contributed by atoms with Gasteiger partial charge in [0.05, 0.1) is 6.10 Å². The second kappa shape index (κ2) is 3.84. The lowest BCUT2D eigenvalue weighted by molar-refractivity contribution is 0.198. The number of rotatable bonds is 1. The van der Waals surface area contributed by atoms with E-state index in [2.05, 4.69) is 45.9 Å². The van der Waals surface area contributed by atoms with Crippen LogP contribution in [0.2, 0.25) is 0 Å². The van der Waals surface area contributed by atoms with Crippen LogP contribution in [0, 0.1) is 0 Å². The molecule has 1 aliphatic carbocycles. The van der Waals surface area contributed by atoms with Gasteiger partial charge in [-0.3, -0.25) is 0 Å². The summed E-state index contributed by atoms with van der Waals surface area (Å²) < 4.78 is 0. The maximum atomic E-state index is 9.73. The summed E-state index contributed by atoms with van der Waals surface area (Å²) in [4.78, 5) is 0. The van der Waals surface area contributed by atoms with Crippen molar-refractivity contribution in [3.63, 3.8) is 0 Å². The lowest BCUT2D eigenvalue weighted by Crippen LogP contribution is -2.33. The van der Waals surface area contributed by atoms with Crippen molar-refractivity contribution >= 4 is 0 Å². The fourth-order valence-electron chi connectivity index (χ4n) is 2.87. The van der Waals surface area contributed by atoms with E-state index in [1.54, 1.807) is 0 Å². The third-order valence-electron chi connectivity index (χ3n) is 4.36. The molecule has 0 saturated carbocycles. The van der Waals surface area contributed by atoms with Crippen molar-refractivity contribution in [2.45, 2.75) is 64.4 Å². The van der Waals surface area contributed by atoms with Crippen molar-refractivity contribution in [2.75, 3.05) is 0 Å². The Bertz CT molecular complexity index is 427. The highest BCUT2D eigenvalue weighted by molar-refractivity contribution is 5.43. The molecule has 0 amide bonds. The quantitative estimate of drug-likeness (QED) is 0.773. The van der Waals surface area contributed by atoms with Crippen molar-refractivity contribution in [3.05, 3.63) is 34.9 Å². The van der Waals surface area contributed by atoms with Crippen molar-refractivity contribution in [3.8, 4) is 0 Å². The van der Waals surface area contributed by atoms with Gasteiger partial charge in [0.2, 0.25) is 0 Å². The van der Waals surface area contributed by atoms with E-state index in [1.807, 2.05) is 6.92 Å². The Hall–Kier alpha value is -0.820. The minimum atomic E-state index is -0.374. The Morgan fingerprint density at radius 3 is 2.06 bits per heavy atom. The monoisotopic (exact) mass is 232 g/mol. The minimum Gasteiger partial charge on any atom is -0.389 e. The van der Waals surface area contributed by atoms with Crippen molar-refractivity contribution in [1.82, 2.24) is 0 Å². The molecule has 0 spiro atoms. The highest BCUT2D eigenvalue weighted by Crippen LogP contribution is 2.46. The third-order valence-corrected chi connectivity index (χ3v) is 4.36. The SMILES string of the molecule is C[C@H](O)c1ccc2c(c1)C(C)(C)CCC2(C)C. The zero-order valence-electron chi connectivity index (χ0n) is 11.7. The Balaban J connectivity index is 2.60. The molecule has 1 N–H and O–H groups in total. The first-order valence-electron chi connectivity index (χ1n) is 6.57.